The van der Waals surface area contributed by atoms with Gasteiger partial charge in [-0.3, -0.25) is 4.79 Å². The quantitative estimate of drug-likeness (QED) is 0.702. The van der Waals surface area contributed by atoms with Crippen molar-refractivity contribution in [1.29, 1.82) is 0 Å². The fraction of sp³-hybridized carbons (Fsp3) is 0.769. The van der Waals surface area contributed by atoms with E-state index in [9.17, 15) is 4.79 Å². The molecule has 6 nitrogen and oxygen atoms in total. The maximum atomic E-state index is 12.2. The lowest BCUT2D eigenvalue weighted by molar-refractivity contribution is -0.151. The second-order valence-corrected chi connectivity index (χ2v) is 4.76. The van der Waals surface area contributed by atoms with Crippen LogP contribution in [0.25, 0.3) is 0 Å². The molecule has 0 aliphatic heterocycles. The SMILES string of the molecule is CCOC(=O)C(CC)(CC)c1nc(CN(C)C)no1. The molecule has 0 radical (unpaired) electrons. The Kier molecular flexibility index (Phi) is 5.47. The molecule has 0 aliphatic rings. The molecule has 0 unspecified atom stereocenters. The first-order valence-corrected chi connectivity index (χ1v) is 6.65. The fourth-order valence-corrected chi connectivity index (χ4v) is 1.99. The van der Waals surface area contributed by atoms with Crippen LogP contribution in [-0.2, 0) is 21.5 Å². The van der Waals surface area contributed by atoms with Gasteiger partial charge in [0.15, 0.2) is 5.82 Å². The summed E-state index contributed by atoms with van der Waals surface area (Å²) in [6.45, 7) is 6.57. The monoisotopic (exact) mass is 269 g/mol. The Labute approximate surface area is 114 Å². The van der Waals surface area contributed by atoms with Gasteiger partial charge in [-0.05, 0) is 33.9 Å². The van der Waals surface area contributed by atoms with Crippen LogP contribution in [0.2, 0.25) is 0 Å². The van der Waals surface area contributed by atoms with Gasteiger partial charge >= 0.3 is 5.97 Å². The molecule has 0 aromatic carbocycles. The molecule has 19 heavy (non-hydrogen) atoms. The van der Waals surface area contributed by atoms with Crippen molar-refractivity contribution in [2.75, 3.05) is 20.7 Å². The lowest BCUT2D eigenvalue weighted by atomic mass is 9.82. The smallest absolute Gasteiger partial charge is 0.321 e. The zero-order valence-electron chi connectivity index (χ0n) is 12.4. The van der Waals surface area contributed by atoms with Crippen molar-refractivity contribution in [3.8, 4) is 0 Å². The number of carbonyl (C=O) groups excluding carboxylic acids is 1. The molecule has 108 valence electrons. The second kappa shape index (κ2) is 6.65. The van der Waals surface area contributed by atoms with E-state index in [1.807, 2.05) is 32.8 Å². The Morgan fingerprint density at radius 2 is 1.95 bits per heavy atom. The summed E-state index contributed by atoms with van der Waals surface area (Å²) >= 11 is 0. The number of hydrogen-bond acceptors (Lipinski definition) is 6. The molecule has 0 aliphatic carbocycles. The van der Waals surface area contributed by atoms with Crippen LogP contribution < -0.4 is 0 Å². The summed E-state index contributed by atoms with van der Waals surface area (Å²) in [4.78, 5) is 18.5. The number of esters is 1. The zero-order chi connectivity index (χ0) is 14.5. The van der Waals surface area contributed by atoms with Crippen molar-refractivity contribution in [3.63, 3.8) is 0 Å². The third kappa shape index (κ3) is 3.32. The molecular weight excluding hydrogens is 246 g/mol. The average Bonchev–Trinajstić information content (AvgIpc) is 2.80. The van der Waals surface area contributed by atoms with E-state index in [4.69, 9.17) is 9.26 Å². The van der Waals surface area contributed by atoms with Crippen LogP contribution in [0.1, 0.15) is 45.3 Å². The molecule has 1 heterocycles. The number of aromatic nitrogens is 2. The molecular formula is C13H23N3O3. The molecule has 0 N–H and O–H groups in total. The predicted octanol–water partition coefficient (Wildman–Crippen LogP) is 1.75. The van der Waals surface area contributed by atoms with Gasteiger partial charge in [0.05, 0.1) is 13.2 Å². The number of nitrogens with zero attached hydrogens (tertiary/aromatic N) is 3. The first-order valence-electron chi connectivity index (χ1n) is 6.65. The van der Waals surface area contributed by atoms with Crippen LogP contribution >= 0.6 is 0 Å². The summed E-state index contributed by atoms with van der Waals surface area (Å²) in [5.41, 5.74) is -0.826. The Hall–Kier alpha value is -1.43. The summed E-state index contributed by atoms with van der Waals surface area (Å²) in [5.74, 6) is 0.642. The minimum Gasteiger partial charge on any atom is -0.465 e. The molecule has 0 saturated heterocycles. The number of carbonyl (C=O) groups is 1. The van der Waals surface area contributed by atoms with E-state index < -0.39 is 5.41 Å². The number of ether oxygens (including phenoxy) is 1. The molecule has 1 aromatic heterocycles. The summed E-state index contributed by atoms with van der Waals surface area (Å²) in [6, 6.07) is 0. The van der Waals surface area contributed by atoms with E-state index in [0.29, 0.717) is 37.7 Å². The Morgan fingerprint density at radius 3 is 2.42 bits per heavy atom. The Balaban J connectivity index is 3.04. The lowest BCUT2D eigenvalue weighted by Gasteiger charge is -2.24. The van der Waals surface area contributed by atoms with E-state index in [2.05, 4.69) is 10.1 Å². The second-order valence-electron chi connectivity index (χ2n) is 4.76. The van der Waals surface area contributed by atoms with Crippen LogP contribution in [0.4, 0.5) is 0 Å². The molecule has 0 saturated carbocycles. The van der Waals surface area contributed by atoms with Crippen LogP contribution in [0.5, 0.6) is 0 Å². The molecule has 0 spiro atoms. The van der Waals surface area contributed by atoms with Crippen molar-refractivity contribution in [2.45, 2.75) is 45.6 Å². The highest BCUT2D eigenvalue weighted by molar-refractivity contribution is 5.81. The molecule has 1 aromatic rings. The van der Waals surface area contributed by atoms with Gasteiger partial charge in [0.1, 0.15) is 5.41 Å². The van der Waals surface area contributed by atoms with E-state index >= 15 is 0 Å². The highest BCUT2D eigenvalue weighted by Crippen LogP contribution is 2.32. The normalized spacial score (nSPS) is 11.9. The number of rotatable bonds is 7. The van der Waals surface area contributed by atoms with Crippen LogP contribution in [-0.4, -0.2) is 41.7 Å². The minimum atomic E-state index is -0.826. The predicted molar refractivity (Wildman–Crippen MR) is 70.6 cm³/mol. The van der Waals surface area contributed by atoms with Crippen molar-refractivity contribution in [1.82, 2.24) is 15.0 Å². The standard InChI is InChI=1S/C13H23N3O3/c1-6-13(7-2,12(17)18-8-3)11-14-10(15-19-11)9-16(4)5/h6-9H2,1-5H3. The van der Waals surface area contributed by atoms with Gasteiger partial charge in [-0.25, -0.2) is 0 Å². The van der Waals surface area contributed by atoms with Crippen LogP contribution in [0, 0.1) is 0 Å². The first-order chi connectivity index (χ1) is 9.00. The van der Waals surface area contributed by atoms with Gasteiger partial charge in [0.25, 0.3) is 0 Å². The fourth-order valence-electron chi connectivity index (χ4n) is 1.99. The summed E-state index contributed by atoms with van der Waals surface area (Å²) in [6.07, 6.45) is 1.15. The summed E-state index contributed by atoms with van der Waals surface area (Å²) in [7, 11) is 3.85. The first kappa shape index (κ1) is 15.6. The van der Waals surface area contributed by atoms with E-state index in [1.54, 1.807) is 6.92 Å². The largest absolute Gasteiger partial charge is 0.465 e. The van der Waals surface area contributed by atoms with E-state index in [1.165, 1.54) is 0 Å². The lowest BCUT2D eigenvalue weighted by Crippen LogP contribution is -2.37. The Morgan fingerprint density at radius 1 is 1.32 bits per heavy atom. The van der Waals surface area contributed by atoms with Crippen LogP contribution in [0.3, 0.4) is 0 Å². The minimum absolute atomic E-state index is 0.292. The maximum absolute atomic E-state index is 12.2. The van der Waals surface area contributed by atoms with Gasteiger partial charge in [-0.1, -0.05) is 19.0 Å². The zero-order valence-corrected chi connectivity index (χ0v) is 12.4. The number of hydrogen-bond donors (Lipinski definition) is 0. The molecule has 0 bridgehead atoms. The third-order valence-corrected chi connectivity index (χ3v) is 3.21. The highest BCUT2D eigenvalue weighted by Gasteiger charge is 2.43. The summed E-state index contributed by atoms with van der Waals surface area (Å²) < 4.78 is 10.4. The van der Waals surface area contributed by atoms with Gasteiger partial charge in [-0.2, -0.15) is 4.98 Å². The van der Waals surface area contributed by atoms with Gasteiger partial charge in [0.2, 0.25) is 5.89 Å². The van der Waals surface area contributed by atoms with Gasteiger partial charge in [-0.15, -0.1) is 0 Å². The van der Waals surface area contributed by atoms with E-state index in [0.717, 1.165) is 0 Å². The molecule has 0 atom stereocenters. The molecule has 1 rings (SSSR count). The third-order valence-electron chi connectivity index (χ3n) is 3.21. The highest BCUT2D eigenvalue weighted by atomic mass is 16.5. The van der Waals surface area contributed by atoms with Crippen molar-refractivity contribution in [2.24, 2.45) is 0 Å². The van der Waals surface area contributed by atoms with Gasteiger partial charge < -0.3 is 14.2 Å². The maximum Gasteiger partial charge on any atom is 0.321 e. The van der Waals surface area contributed by atoms with Crippen molar-refractivity contribution < 1.29 is 14.1 Å². The van der Waals surface area contributed by atoms with Gasteiger partial charge in [0, 0.05) is 0 Å². The summed E-state index contributed by atoms with van der Waals surface area (Å²) in [5, 5.41) is 3.93. The molecule has 6 heteroatoms. The molecule has 0 amide bonds. The average molecular weight is 269 g/mol. The topological polar surface area (TPSA) is 68.5 Å². The Bertz CT molecular complexity index is 411. The van der Waals surface area contributed by atoms with Crippen LogP contribution in [0.15, 0.2) is 4.52 Å². The molecule has 0 fully saturated rings. The van der Waals surface area contributed by atoms with Crippen molar-refractivity contribution in [3.05, 3.63) is 11.7 Å². The van der Waals surface area contributed by atoms with E-state index in [-0.39, 0.29) is 5.97 Å². The van der Waals surface area contributed by atoms with Crippen molar-refractivity contribution >= 4 is 5.97 Å².